The van der Waals surface area contributed by atoms with Gasteiger partial charge in [0.25, 0.3) is 0 Å². The van der Waals surface area contributed by atoms with E-state index in [9.17, 15) is 4.39 Å². The van der Waals surface area contributed by atoms with Gasteiger partial charge in [-0.2, -0.15) is 0 Å². The Morgan fingerprint density at radius 1 is 1.50 bits per heavy atom. The third kappa shape index (κ3) is 3.58. The molecule has 2 N–H and O–H groups in total. The molecule has 102 valence electrons. The van der Waals surface area contributed by atoms with Crippen LogP contribution in [0.25, 0.3) is 0 Å². The van der Waals surface area contributed by atoms with Gasteiger partial charge in [-0.1, -0.05) is 17.7 Å². The molecule has 0 radical (unpaired) electrons. The fourth-order valence-corrected chi connectivity index (χ4v) is 2.49. The molecule has 1 fully saturated rings. The highest BCUT2D eigenvalue weighted by Gasteiger charge is 2.33. The van der Waals surface area contributed by atoms with Gasteiger partial charge in [-0.05, 0) is 37.9 Å². The van der Waals surface area contributed by atoms with Gasteiger partial charge in [0, 0.05) is 29.7 Å². The van der Waals surface area contributed by atoms with Crippen molar-refractivity contribution in [2.24, 2.45) is 11.7 Å². The molecule has 1 aromatic rings. The largest absolute Gasteiger partial charge is 0.329 e. The lowest BCUT2D eigenvalue weighted by Crippen LogP contribution is -2.39. The van der Waals surface area contributed by atoms with E-state index in [2.05, 4.69) is 4.90 Å². The lowest BCUT2D eigenvalue weighted by Gasteiger charge is -2.27. The molecule has 1 atom stereocenters. The maximum Gasteiger partial charge on any atom is 0.129 e. The predicted octanol–water partition coefficient (Wildman–Crippen LogP) is 3.07. The zero-order chi connectivity index (χ0) is 12.4. The zero-order valence-corrected chi connectivity index (χ0v) is 12.0. The van der Waals surface area contributed by atoms with Crippen LogP contribution < -0.4 is 5.73 Å². The first-order chi connectivity index (χ1) is 8.13. The van der Waals surface area contributed by atoms with E-state index in [0.717, 1.165) is 0 Å². The van der Waals surface area contributed by atoms with Crippen LogP contribution in [0.4, 0.5) is 4.39 Å². The molecule has 1 aliphatic rings. The van der Waals surface area contributed by atoms with Crippen molar-refractivity contribution in [2.75, 3.05) is 13.6 Å². The van der Waals surface area contributed by atoms with Gasteiger partial charge in [0.05, 0.1) is 0 Å². The summed E-state index contributed by atoms with van der Waals surface area (Å²) < 4.78 is 13.7. The van der Waals surface area contributed by atoms with Crippen LogP contribution in [0, 0.1) is 11.7 Å². The van der Waals surface area contributed by atoms with E-state index in [1.165, 1.54) is 18.9 Å². The highest BCUT2D eigenvalue weighted by atomic mass is 35.5. The smallest absolute Gasteiger partial charge is 0.129 e. The molecule has 1 unspecified atom stereocenters. The molecule has 1 aliphatic carbocycles. The van der Waals surface area contributed by atoms with E-state index in [-0.39, 0.29) is 18.2 Å². The molecule has 0 spiro atoms. The second-order valence-electron chi connectivity index (χ2n) is 4.76. The number of hydrogen-bond acceptors (Lipinski definition) is 2. The minimum Gasteiger partial charge on any atom is -0.329 e. The summed E-state index contributed by atoms with van der Waals surface area (Å²) in [7, 11) is 1.98. The number of hydrogen-bond donors (Lipinski definition) is 1. The number of nitrogens with two attached hydrogens (primary N) is 1. The monoisotopic (exact) mass is 292 g/mol. The Kier molecular flexibility index (Phi) is 5.86. The van der Waals surface area contributed by atoms with Gasteiger partial charge in [0.15, 0.2) is 0 Å². The van der Waals surface area contributed by atoms with Crippen molar-refractivity contribution in [3.05, 3.63) is 34.6 Å². The summed E-state index contributed by atoms with van der Waals surface area (Å²) in [5, 5.41) is 0.489. The molecule has 1 saturated carbocycles. The van der Waals surface area contributed by atoms with Crippen molar-refractivity contribution in [1.29, 1.82) is 0 Å². The van der Waals surface area contributed by atoms with Crippen LogP contribution in [0.1, 0.15) is 18.4 Å². The Labute approximate surface area is 119 Å². The standard InChI is InChI=1S/C13H18ClFN2.ClH/c1-17(13(7-16)9-5-6-9)8-10-11(14)3-2-4-12(10)15;/h2-4,9,13H,5-8,16H2,1H3;1H. The first-order valence-electron chi connectivity index (χ1n) is 5.96. The van der Waals surface area contributed by atoms with Crippen molar-refractivity contribution in [3.63, 3.8) is 0 Å². The van der Waals surface area contributed by atoms with Crippen LogP contribution in [0.15, 0.2) is 18.2 Å². The lowest BCUT2D eigenvalue weighted by molar-refractivity contribution is 0.213. The Bertz CT molecular complexity index is 376. The van der Waals surface area contributed by atoms with Gasteiger partial charge < -0.3 is 5.73 Å². The SMILES string of the molecule is CN(Cc1c(F)cccc1Cl)C(CN)C1CC1.Cl. The summed E-state index contributed by atoms with van der Waals surface area (Å²) in [6.45, 7) is 1.14. The maximum absolute atomic E-state index is 13.7. The Hall–Kier alpha value is -0.350. The van der Waals surface area contributed by atoms with Gasteiger partial charge in [0.2, 0.25) is 0 Å². The minimum absolute atomic E-state index is 0. The number of rotatable bonds is 5. The summed E-state index contributed by atoms with van der Waals surface area (Å²) >= 11 is 6.02. The van der Waals surface area contributed by atoms with Gasteiger partial charge in [-0.25, -0.2) is 4.39 Å². The van der Waals surface area contributed by atoms with E-state index in [4.69, 9.17) is 17.3 Å². The first kappa shape index (κ1) is 15.7. The first-order valence-corrected chi connectivity index (χ1v) is 6.34. The summed E-state index contributed by atoms with van der Waals surface area (Å²) in [4.78, 5) is 2.11. The third-order valence-corrected chi connectivity index (χ3v) is 3.80. The van der Waals surface area contributed by atoms with E-state index in [1.807, 2.05) is 7.05 Å². The number of halogens is 3. The highest BCUT2D eigenvalue weighted by molar-refractivity contribution is 6.31. The van der Waals surface area contributed by atoms with Gasteiger partial charge >= 0.3 is 0 Å². The van der Waals surface area contributed by atoms with Crippen LogP contribution in [0.3, 0.4) is 0 Å². The normalized spacial score (nSPS) is 16.5. The average Bonchev–Trinajstić information content (AvgIpc) is 3.09. The topological polar surface area (TPSA) is 29.3 Å². The van der Waals surface area contributed by atoms with Crippen LogP contribution in [0.5, 0.6) is 0 Å². The molecule has 0 heterocycles. The van der Waals surface area contributed by atoms with Crippen molar-refractivity contribution in [3.8, 4) is 0 Å². The summed E-state index contributed by atoms with van der Waals surface area (Å²) in [5.74, 6) is 0.437. The van der Waals surface area contributed by atoms with Crippen LogP contribution in [-0.4, -0.2) is 24.5 Å². The highest BCUT2D eigenvalue weighted by Crippen LogP contribution is 2.35. The van der Waals surface area contributed by atoms with E-state index in [0.29, 0.717) is 35.6 Å². The molecule has 2 nitrogen and oxygen atoms in total. The fraction of sp³-hybridized carbons (Fsp3) is 0.538. The fourth-order valence-electron chi connectivity index (χ4n) is 2.26. The second kappa shape index (κ2) is 6.71. The van der Waals surface area contributed by atoms with Crippen LogP contribution in [-0.2, 0) is 6.54 Å². The quantitative estimate of drug-likeness (QED) is 0.904. The van der Waals surface area contributed by atoms with E-state index < -0.39 is 0 Å². The molecule has 0 aromatic heterocycles. The Morgan fingerprint density at radius 3 is 2.67 bits per heavy atom. The molecule has 0 amide bonds. The van der Waals surface area contributed by atoms with Crippen molar-refractivity contribution in [2.45, 2.75) is 25.4 Å². The number of nitrogens with zero attached hydrogens (tertiary/aromatic N) is 1. The predicted molar refractivity (Wildman–Crippen MR) is 75.7 cm³/mol. The summed E-state index contributed by atoms with van der Waals surface area (Å²) in [6, 6.07) is 5.14. The molecule has 0 bridgehead atoms. The van der Waals surface area contributed by atoms with Gasteiger partial charge in [-0.15, -0.1) is 12.4 Å². The second-order valence-corrected chi connectivity index (χ2v) is 5.16. The molecule has 18 heavy (non-hydrogen) atoms. The van der Waals surface area contributed by atoms with Crippen LogP contribution >= 0.6 is 24.0 Å². The summed E-state index contributed by atoms with van der Waals surface area (Å²) in [6.07, 6.45) is 2.47. The van der Waals surface area contributed by atoms with Crippen molar-refractivity contribution >= 4 is 24.0 Å². The number of likely N-dealkylation sites (N-methyl/N-ethyl adjacent to an activating group) is 1. The zero-order valence-electron chi connectivity index (χ0n) is 10.4. The van der Waals surface area contributed by atoms with Crippen molar-refractivity contribution in [1.82, 2.24) is 4.90 Å². The van der Waals surface area contributed by atoms with Crippen molar-refractivity contribution < 1.29 is 4.39 Å². The average molecular weight is 293 g/mol. The van der Waals surface area contributed by atoms with Crippen LogP contribution in [0.2, 0.25) is 5.02 Å². The summed E-state index contributed by atoms with van der Waals surface area (Å²) in [5.41, 5.74) is 6.34. The van der Waals surface area contributed by atoms with E-state index in [1.54, 1.807) is 12.1 Å². The molecular formula is C13H19Cl2FN2. The Balaban J connectivity index is 0.00000162. The Morgan fingerprint density at radius 2 is 2.17 bits per heavy atom. The molecule has 0 saturated heterocycles. The molecule has 0 aliphatic heterocycles. The molecule has 2 rings (SSSR count). The molecular weight excluding hydrogens is 274 g/mol. The molecule has 5 heteroatoms. The van der Waals surface area contributed by atoms with E-state index >= 15 is 0 Å². The lowest BCUT2D eigenvalue weighted by atomic mass is 10.1. The minimum atomic E-state index is -0.240. The van der Waals surface area contributed by atoms with Gasteiger partial charge in [0.1, 0.15) is 5.82 Å². The molecule has 1 aromatic carbocycles. The third-order valence-electron chi connectivity index (χ3n) is 3.44. The van der Waals surface area contributed by atoms with Gasteiger partial charge in [-0.3, -0.25) is 4.90 Å². The number of benzene rings is 1. The maximum atomic E-state index is 13.7.